The second-order valence-corrected chi connectivity index (χ2v) is 6.34. The molecule has 3 aromatic rings. The van der Waals surface area contributed by atoms with Gasteiger partial charge in [-0.3, -0.25) is 5.43 Å². The second-order valence-electron chi connectivity index (χ2n) is 4.66. The van der Waals surface area contributed by atoms with E-state index in [1.165, 1.54) is 11.3 Å². The first-order valence-electron chi connectivity index (χ1n) is 6.68. The number of thiazole rings is 1. The SMILES string of the molecule is Nc1csc(NN=Cc2ccccc2-c2ccc(Cl)c(Cl)c2)n1. The molecule has 0 saturated heterocycles. The normalized spacial score (nSPS) is 11.0. The highest BCUT2D eigenvalue weighted by atomic mass is 35.5. The summed E-state index contributed by atoms with van der Waals surface area (Å²) in [5, 5.41) is 7.66. The Morgan fingerprint density at radius 2 is 1.96 bits per heavy atom. The fraction of sp³-hybridized carbons (Fsp3) is 0. The Bertz CT molecular complexity index is 861. The summed E-state index contributed by atoms with van der Waals surface area (Å²) in [5.74, 6) is 0.476. The summed E-state index contributed by atoms with van der Waals surface area (Å²) in [6, 6.07) is 13.4. The number of rotatable bonds is 4. The van der Waals surface area contributed by atoms with Crippen LogP contribution in [0.15, 0.2) is 52.9 Å². The fourth-order valence-corrected chi connectivity index (χ4v) is 2.88. The Morgan fingerprint density at radius 1 is 1.13 bits per heavy atom. The Kier molecular flexibility index (Phi) is 4.81. The molecule has 7 heteroatoms. The highest BCUT2D eigenvalue weighted by Gasteiger charge is 2.05. The Balaban J connectivity index is 1.86. The van der Waals surface area contributed by atoms with Gasteiger partial charge < -0.3 is 5.73 Å². The average molecular weight is 363 g/mol. The van der Waals surface area contributed by atoms with Crippen molar-refractivity contribution in [3.63, 3.8) is 0 Å². The van der Waals surface area contributed by atoms with Gasteiger partial charge in [0.15, 0.2) is 0 Å². The van der Waals surface area contributed by atoms with E-state index >= 15 is 0 Å². The molecule has 0 spiro atoms. The summed E-state index contributed by atoms with van der Waals surface area (Å²) in [7, 11) is 0. The monoisotopic (exact) mass is 362 g/mol. The molecule has 0 fully saturated rings. The quantitative estimate of drug-likeness (QED) is 0.498. The molecule has 0 saturated carbocycles. The molecule has 1 heterocycles. The molecule has 4 nitrogen and oxygen atoms in total. The van der Waals surface area contributed by atoms with Crippen LogP contribution in [0.25, 0.3) is 11.1 Å². The van der Waals surface area contributed by atoms with Crippen LogP contribution in [0.5, 0.6) is 0 Å². The zero-order valence-corrected chi connectivity index (χ0v) is 14.2. The maximum absolute atomic E-state index is 6.11. The molecule has 2 aromatic carbocycles. The van der Waals surface area contributed by atoms with E-state index in [-0.39, 0.29) is 0 Å². The van der Waals surface area contributed by atoms with Crippen molar-refractivity contribution in [1.29, 1.82) is 0 Å². The smallest absolute Gasteiger partial charge is 0.205 e. The van der Waals surface area contributed by atoms with Gasteiger partial charge in [-0.1, -0.05) is 53.5 Å². The van der Waals surface area contributed by atoms with Gasteiger partial charge in [0.1, 0.15) is 5.82 Å². The lowest BCUT2D eigenvalue weighted by Gasteiger charge is -2.07. The van der Waals surface area contributed by atoms with Gasteiger partial charge in [0, 0.05) is 10.9 Å². The van der Waals surface area contributed by atoms with Crippen molar-refractivity contribution in [2.45, 2.75) is 0 Å². The molecule has 1 aromatic heterocycles. The fourth-order valence-electron chi connectivity index (χ4n) is 2.03. The standard InChI is InChI=1S/C16H12Cl2N4S/c17-13-6-5-10(7-14(13)18)12-4-2-1-3-11(12)8-20-22-16-21-15(19)9-23-16/h1-9H,19H2,(H,21,22). The summed E-state index contributed by atoms with van der Waals surface area (Å²) in [5.41, 5.74) is 11.4. The first kappa shape index (κ1) is 15.8. The van der Waals surface area contributed by atoms with Crippen LogP contribution in [0.1, 0.15) is 5.56 Å². The van der Waals surface area contributed by atoms with Crippen LogP contribution in [0.3, 0.4) is 0 Å². The maximum atomic E-state index is 6.11. The molecule has 0 aliphatic carbocycles. The highest BCUT2D eigenvalue weighted by molar-refractivity contribution is 7.14. The Morgan fingerprint density at radius 3 is 2.70 bits per heavy atom. The third-order valence-corrected chi connectivity index (χ3v) is 4.58. The van der Waals surface area contributed by atoms with Crippen molar-refractivity contribution >= 4 is 51.7 Å². The van der Waals surface area contributed by atoms with Gasteiger partial charge in [-0.2, -0.15) is 5.10 Å². The number of nitrogens with two attached hydrogens (primary N) is 1. The van der Waals surface area contributed by atoms with Gasteiger partial charge in [0.05, 0.1) is 16.3 Å². The number of hydrogen-bond donors (Lipinski definition) is 2. The van der Waals surface area contributed by atoms with Crippen LogP contribution in [0, 0.1) is 0 Å². The molecular weight excluding hydrogens is 351 g/mol. The van der Waals surface area contributed by atoms with Gasteiger partial charge in [-0.15, -0.1) is 11.3 Å². The van der Waals surface area contributed by atoms with Crippen molar-refractivity contribution in [3.8, 4) is 11.1 Å². The Labute approximate surface area is 147 Å². The molecule has 3 rings (SSSR count). The summed E-state index contributed by atoms with van der Waals surface area (Å²) < 4.78 is 0. The van der Waals surface area contributed by atoms with E-state index in [1.807, 2.05) is 36.4 Å². The third-order valence-electron chi connectivity index (χ3n) is 3.08. The molecule has 23 heavy (non-hydrogen) atoms. The number of nitrogens with zero attached hydrogens (tertiary/aromatic N) is 2. The lowest BCUT2D eigenvalue weighted by molar-refractivity contribution is 1.29. The van der Waals surface area contributed by atoms with Gasteiger partial charge in [0.25, 0.3) is 0 Å². The lowest BCUT2D eigenvalue weighted by atomic mass is 10.0. The zero-order valence-electron chi connectivity index (χ0n) is 11.8. The molecule has 3 N–H and O–H groups in total. The number of anilines is 2. The zero-order chi connectivity index (χ0) is 16.2. The molecule has 0 unspecified atom stereocenters. The minimum atomic E-state index is 0.476. The molecular formula is C16H12Cl2N4S. The molecule has 0 radical (unpaired) electrons. The first-order valence-corrected chi connectivity index (χ1v) is 8.31. The molecule has 0 amide bonds. The predicted molar refractivity (Wildman–Crippen MR) is 99.6 cm³/mol. The van der Waals surface area contributed by atoms with Gasteiger partial charge in [0.2, 0.25) is 5.13 Å². The van der Waals surface area contributed by atoms with Crippen LogP contribution in [-0.2, 0) is 0 Å². The van der Waals surface area contributed by atoms with Crippen LogP contribution < -0.4 is 11.2 Å². The minimum Gasteiger partial charge on any atom is -0.383 e. The third kappa shape index (κ3) is 3.82. The van der Waals surface area contributed by atoms with Gasteiger partial charge in [-0.25, -0.2) is 4.98 Å². The summed E-state index contributed by atoms with van der Waals surface area (Å²) in [6.07, 6.45) is 1.73. The number of benzene rings is 2. The van der Waals surface area contributed by atoms with Crippen LogP contribution >= 0.6 is 34.5 Å². The number of hydrazone groups is 1. The highest BCUT2D eigenvalue weighted by Crippen LogP contribution is 2.30. The van der Waals surface area contributed by atoms with E-state index in [0.29, 0.717) is 21.0 Å². The van der Waals surface area contributed by atoms with Crippen molar-refractivity contribution in [1.82, 2.24) is 4.98 Å². The van der Waals surface area contributed by atoms with E-state index in [0.717, 1.165) is 16.7 Å². The van der Waals surface area contributed by atoms with Crippen LogP contribution in [0.2, 0.25) is 10.0 Å². The van der Waals surface area contributed by atoms with Crippen LogP contribution in [0.4, 0.5) is 10.9 Å². The number of nitrogens with one attached hydrogen (secondary N) is 1. The number of hydrogen-bond acceptors (Lipinski definition) is 5. The Hall–Kier alpha value is -2.08. The van der Waals surface area contributed by atoms with E-state index in [1.54, 1.807) is 17.7 Å². The molecule has 0 aliphatic heterocycles. The van der Waals surface area contributed by atoms with Crippen LogP contribution in [-0.4, -0.2) is 11.2 Å². The van der Waals surface area contributed by atoms with Crippen molar-refractivity contribution in [2.24, 2.45) is 5.10 Å². The minimum absolute atomic E-state index is 0.476. The van der Waals surface area contributed by atoms with Crippen molar-refractivity contribution in [2.75, 3.05) is 11.2 Å². The topological polar surface area (TPSA) is 63.3 Å². The summed E-state index contributed by atoms with van der Waals surface area (Å²) in [4.78, 5) is 4.08. The number of nitrogen functional groups attached to an aromatic ring is 1. The van der Waals surface area contributed by atoms with E-state index < -0.39 is 0 Å². The summed E-state index contributed by atoms with van der Waals surface area (Å²) in [6.45, 7) is 0. The molecule has 0 aliphatic rings. The van der Waals surface area contributed by atoms with E-state index in [9.17, 15) is 0 Å². The largest absolute Gasteiger partial charge is 0.383 e. The van der Waals surface area contributed by atoms with E-state index in [2.05, 4.69) is 15.5 Å². The maximum Gasteiger partial charge on any atom is 0.205 e. The van der Waals surface area contributed by atoms with Crippen molar-refractivity contribution in [3.05, 3.63) is 63.5 Å². The molecule has 0 atom stereocenters. The summed E-state index contributed by atoms with van der Waals surface area (Å²) >= 11 is 13.5. The van der Waals surface area contributed by atoms with E-state index in [4.69, 9.17) is 28.9 Å². The molecule has 0 bridgehead atoms. The first-order chi connectivity index (χ1) is 11.1. The predicted octanol–water partition coefficient (Wildman–Crippen LogP) is 5.15. The van der Waals surface area contributed by atoms with Crippen molar-refractivity contribution < 1.29 is 0 Å². The molecule has 116 valence electrons. The number of halogens is 2. The second kappa shape index (κ2) is 7.00. The van der Waals surface area contributed by atoms with Gasteiger partial charge in [-0.05, 0) is 23.3 Å². The lowest BCUT2D eigenvalue weighted by Crippen LogP contribution is -1.93. The average Bonchev–Trinajstić information content (AvgIpc) is 2.96. The van der Waals surface area contributed by atoms with Gasteiger partial charge >= 0.3 is 0 Å². The number of aromatic nitrogens is 1.